The van der Waals surface area contributed by atoms with Crippen LogP contribution < -0.4 is 0 Å². The summed E-state index contributed by atoms with van der Waals surface area (Å²) in [6.45, 7) is 4.52. The lowest BCUT2D eigenvalue weighted by Crippen LogP contribution is -2.35. The lowest BCUT2D eigenvalue weighted by Gasteiger charge is -2.28. The van der Waals surface area contributed by atoms with Gasteiger partial charge in [-0.15, -0.1) is 0 Å². The molecule has 0 aromatic heterocycles. The highest BCUT2D eigenvalue weighted by Crippen LogP contribution is 2.35. The average molecular weight is 324 g/mol. The quantitative estimate of drug-likeness (QED) is 0.356. The van der Waals surface area contributed by atoms with E-state index in [-0.39, 0.29) is 18.6 Å². The van der Waals surface area contributed by atoms with Gasteiger partial charge >= 0.3 is 23.9 Å². The van der Waals surface area contributed by atoms with E-state index in [4.69, 9.17) is 14.9 Å². The smallest absolute Gasteiger partial charge is 0.333 e. The molecule has 0 aromatic carbocycles. The Morgan fingerprint density at radius 3 is 2.30 bits per heavy atom. The van der Waals surface area contributed by atoms with E-state index in [0.717, 1.165) is 18.2 Å². The first-order valence-corrected chi connectivity index (χ1v) is 6.55. The van der Waals surface area contributed by atoms with Crippen LogP contribution in [0.5, 0.6) is 0 Å². The van der Waals surface area contributed by atoms with Crippen LogP contribution in [0.1, 0.15) is 13.3 Å². The summed E-state index contributed by atoms with van der Waals surface area (Å²) in [7, 11) is 0. The second kappa shape index (κ2) is 6.91. The van der Waals surface area contributed by atoms with Gasteiger partial charge < -0.3 is 20.1 Å². The molecule has 1 aliphatic carbocycles. The van der Waals surface area contributed by atoms with Crippen molar-refractivity contribution in [1.29, 1.82) is 0 Å². The van der Waals surface area contributed by atoms with Crippen molar-refractivity contribution in [2.75, 3.05) is 6.61 Å². The minimum atomic E-state index is -1.75. The number of hydrogen-bond acceptors (Lipinski definition) is 5. The molecule has 0 bridgehead atoms. The van der Waals surface area contributed by atoms with Gasteiger partial charge in [0.2, 0.25) is 0 Å². The normalized spacial score (nSPS) is 22.8. The molecule has 0 spiro atoms. The Labute approximate surface area is 131 Å². The van der Waals surface area contributed by atoms with Crippen LogP contribution in [0.2, 0.25) is 0 Å². The van der Waals surface area contributed by atoms with Crippen molar-refractivity contribution in [3.8, 4) is 0 Å². The lowest BCUT2D eigenvalue weighted by atomic mass is 9.75. The fourth-order valence-corrected chi connectivity index (χ4v) is 2.03. The van der Waals surface area contributed by atoms with E-state index in [1.165, 1.54) is 6.92 Å². The fourth-order valence-electron chi connectivity index (χ4n) is 2.03. The molecule has 0 saturated carbocycles. The van der Waals surface area contributed by atoms with Crippen LogP contribution in [0.3, 0.4) is 0 Å². The number of esters is 1. The van der Waals surface area contributed by atoms with Crippen LogP contribution in [0.15, 0.2) is 36.0 Å². The lowest BCUT2D eigenvalue weighted by molar-refractivity contribution is -0.148. The van der Waals surface area contributed by atoms with Crippen LogP contribution in [0.25, 0.3) is 0 Å². The van der Waals surface area contributed by atoms with Crippen molar-refractivity contribution in [2.24, 2.45) is 11.3 Å². The van der Waals surface area contributed by atoms with Gasteiger partial charge in [-0.1, -0.05) is 24.8 Å². The number of carbonyl (C=O) groups is 4. The SMILES string of the molecule is C=C(C)C(=O)OCCC1(C(=O)O)C=CC(C(=O)O)C(C(=O)O)=C1. The molecule has 124 valence electrons. The molecule has 3 N–H and O–H groups in total. The van der Waals surface area contributed by atoms with Crippen LogP contribution in [0, 0.1) is 11.3 Å². The van der Waals surface area contributed by atoms with E-state index in [1.54, 1.807) is 0 Å². The number of aliphatic carboxylic acids is 3. The molecule has 2 unspecified atom stereocenters. The van der Waals surface area contributed by atoms with Crippen molar-refractivity contribution >= 4 is 23.9 Å². The summed E-state index contributed by atoms with van der Waals surface area (Å²) in [4.78, 5) is 45.1. The molecular weight excluding hydrogens is 308 g/mol. The second-order valence-electron chi connectivity index (χ2n) is 5.09. The number of rotatable bonds is 7. The predicted molar refractivity (Wildman–Crippen MR) is 76.4 cm³/mol. The summed E-state index contributed by atoms with van der Waals surface area (Å²) < 4.78 is 4.82. The van der Waals surface area contributed by atoms with Gasteiger partial charge in [-0.3, -0.25) is 9.59 Å². The average Bonchev–Trinajstić information content (AvgIpc) is 2.46. The first kappa shape index (κ1) is 18.1. The molecule has 1 rings (SSSR count). The van der Waals surface area contributed by atoms with Gasteiger partial charge in [-0.25, -0.2) is 9.59 Å². The van der Waals surface area contributed by atoms with Gasteiger partial charge in [0.05, 0.1) is 12.2 Å². The van der Waals surface area contributed by atoms with E-state index in [1.807, 2.05) is 0 Å². The topological polar surface area (TPSA) is 138 Å². The third-order valence-corrected chi connectivity index (χ3v) is 3.34. The van der Waals surface area contributed by atoms with Gasteiger partial charge in [0, 0.05) is 12.0 Å². The Morgan fingerprint density at radius 1 is 1.26 bits per heavy atom. The maximum Gasteiger partial charge on any atom is 0.333 e. The van der Waals surface area contributed by atoms with Gasteiger partial charge in [0.15, 0.2) is 0 Å². The van der Waals surface area contributed by atoms with E-state index in [0.29, 0.717) is 0 Å². The fraction of sp³-hybridized carbons (Fsp3) is 0.333. The van der Waals surface area contributed by atoms with Gasteiger partial charge in [-0.2, -0.15) is 0 Å². The number of carbonyl (C=O) groups excluding carboxylic acids is 1. The first-order chi connectivity index (χ1) is 10.6. The van der Waals surface area contributed by atoms with Crippen LogP contribution in [-0.2, 0) is 23.9 Å². The van der Waals surface area contributed by atoms with E-state index in [2.05, 4.69) is 6.58 Å². The van der Waals surface area contributed by atoms with Crippen molar-refractivity contribution in [1.82, 2.24) is 0 Å². The first-order valence-electron chi connectivity index (χ1n) is 6.55. The minimum Gasteiger partial charge on any atom is -0.481 e. The molecule has 23 heavy (non-hydrogen) atoms. The van der Waals surface area contributed by atoms with Crippen molar-refractivity contribution < 1.29 is 39.2 Å². The molecule has 0 aromatic rings. The van der Waals surface area contributed by atoms with Crippen molar-refractivity contribution in [3.63, 3.8) is 0 Å². The van der Waals surface area contributed by atoms with E-state index < -0.39 is 40.8 Å². The molecule has 0 fully saturated rings. The molecule has 0 aliphatic heterocycles. The second-order valence-corrected chi connectivity index (χ2v) is 5.09. The zero-order valence-corrected chi connectivity index (χ0v) is 12.3. The number of hydrogen-bond donors (Lipinski definition) is 3. The number of carboxylic acids is 3. The Balaban J connectivity index is 3.06. The molecule has 1 aliphatic rings. The Kier molecular flexibility index (Phi) is 5.45. The zero-order chi connectivity index (χ0) is 17.8. The summed E-state index contributed by atoms with van der Waals surface area (Å²) in [6, 6.07) is 0. The van der Waals surface area contributed by atoms with Gasteiger partial charge in [0.25, 0.3) is 0 Å². The molecule has 2 atom stereocenters. The molecule has 0 saturated heterocycles. The highest BCUT2D eigenvalue weighted by molar-refractivity contribution is 5.97. The molecule has 0 radical (unpaired) electrons. The highest BCUT2D eigenvalue weighted by Gasteiger charge is 2.41. The summed E-state index contributed by atoms with van der Waals surface area (Å²) in [5.74, 6) is -6.43. The van der Waals surface area contributed by atoms with E-state index >= 15 is 0 Å². The molecule has 8 nitrogen and oxygen atoms in total. The van der Waals surface area contributed by atoms with Crippen molar-refractivity contribution in [2.45, 2.75) is 13.3 Å². The maximum atomic E-state index is 11.5. The molecule has 8 heteroatoms. The largest absolute Gasteiger partial charge is 0.481 e. The highest BCUT2D eigenvalue weighted by atomic mass is 16.5. The number of carboxylic acid groups (broad SMARTS) is 3. The molecule has 0 amide bonds. The summed E-state index contributed by atoms with van der Waals surface area (Å²) in [5, 5.41) is 27.5. The van der Waals surface area contributed by atoms with Crippen molar-refractivity contribution in [3.05, 3.63) is 36.0 Å². The Bertz CT molecular complexity index is 627. The summed E-state index contributed by atoms with van der Waals surface area (Å²) >= 11 is 0. The van der Waals surface area contributed by atoms with Gasteiger partial charge in [-0.05, 0) is 6.92 Å². The van der Waals surface area contributed by atoms with Crippen LogP contribution >= 0.6 is 0 Å². The standard InChI is InChI=1S/C15H16O8/c1-8(2)13(20)23-6-5-15(14(21)22)4-3-9(11(16)17)10(7-15)12(18)19/h3-4,7,9H,1,5-6H2,2H3,(H,16,17)(H,18,19)(H,21,22). The number of ether oxygens (including phenoxy) is 1. The Hall–Kier alpha value is -2.90. The summed E-state index contributed by atoms with van der Waals surface area (Å²) in [5.41, 5.74) is -2.16. The van der Waals surface area contributed by atoms with E-state index in [9.17, 15) is 24.3 Å². The van der Waals surface area contributed by atoms with Gasteiger partial charge in [0.1, 0.15) is 11.3 Å². The molecular formula is C15H16O8. The maximum absolute atomic E-state index is 11.5. The Morgan fingerprint density at radius 2 is 1.87 bits per heavy atom. The third-order valence-electron chi connectivity index (χ3n) is 3.34. The van der Waals surface area contributed by atoms with Crippen LogP contribution in [-0.4, -0.2) is 45.8 Å². The third kappa shape index (κ3) is 4.06. The minimum absolute atomic E-state index is 0.140. The monoisotopic (exact) mass is 324 g/mol. The summed E-state index contributed by atoms with van der Waals surface area (Å²) in [6.07, 6.45) is 2.77. The molecule has 0 heterocycles. The zero-order valence-electron chi connectivity index (χ0n) is 12.3. The van der Waals surface area contributed by atoms with Crippen LogP contribution in [0.4, 0.5) is 0 Å². The predicted octanol–water partition coefficient (Wildman–Crippen LogP) is 0.848.